The first-order valence-corrected chi connectivity index (χ1v) is 11.2. The van der Waals surface area contributed by atoms with Gasteiger partial charge < -0.3 is 10.2 Å². The molecule has 2 aromatic rings. The fourth-order valence-corrected chi connectivity index (χ4v) is 3.88. The van der Waals surface area contributed by atoms with Gasteiger partial charge in [0, 0.05) is 18.6 Å². The number of carbonyl (C=O) groups is 2. The number of rotatable bonds is 8. The van der Waals surface area contributed by atoms with E-state index in [1.807, 2.05) is 0 Å². The maximum atomic E-state index is 13.6. The molecule has 1 atom stereocenters. The Kier molecular flexibility index (Phi) is 7.80. The Bertz CT molecular complexity index is 1030. The molecule has 162 valence electrons. The predicted octanol–water partition coefficient (Wildman–Crippen LogP) is 2.41. The highest BCUT2D eigenvalue weighted by Gasteiger charge is 2.30. The Balaban J connectivity index is 2.40. The number of sulfonamides is 1. The van der Waals surface area contributed by atoms with Crippen molar-refractivity contribution >= 4 is 39.1 Å². The predicted molar refractivity (Wildman–Crippen MR) is 114 cm³/mol. The second kappa shape index (κ2) is 9.90. The van der Waals surface area contributed by atoms with Gasteiger partial charge in [0.15, 0.2) is 0 Å². The maximum Gasteiger partial charge on any atom is 0.244 e. The van der Waals surface area contributed by atoms with Crippen LogP contribution in [0.1, 0.15) is 12.5 Å². The Hall–Kier alpha value is -2.65. The van der Waals surface area contributed by atoms with Crippen LogP contribution in [0.5, 0.6) is 0 Å². The number of halogens is 2. The summed E-state index contributed by atoms with van der Waals surface area (Å²) in [6.45, 7) is 0.919. The van der Waals surface area contributed by atoms with E-state index >= 15 is 0 Å². The first kappa shape index (κ1) is 23.6. The molecule has 30 heavy (non-hydrogen) atoms. The molecule has 0 saturated heterocycles. The quantitative estimate of drug-likeness (QED) is 0.662. The molecule has 0 heterocycles. The SMILES string of the molecule is CNC(=O)C(C)N(Cc1ccccc1Cl)C(=O)CN(c1cccc(F)c1)S(C)(=O)=O. The van der Waals surface area contributed by atoms with Crippen molar-refractivity contribution in [2.24, 2.45) is 0 Å². The van der Waals surface area contributed by atoms with Crippen LogP contribution >= 0.6 is 11.6 Å². The first-order chi connectivity index (χ1) is 14.0. The highest BCUT2D eigenvalue weighted by atomic mass is 35.5. The molecule has 0 fully saturated rings. The summed E-state index contributed by atoms with van der Waals surface area (Å²) < 4.78 is 39.1. The van der Waals surface area contributed by atoms with Gasteiger partial charge in [0.25, 0.3) is 0 Å². The van der Waals surface area contributed by atoms with Gasteiger partial charge in [-0.05, 0) is 36.8 Å². The van der Waals surface area contributed by atoms with Gasteiger partial charge in [-0.15, -0.1) is 0 Å². The van der Waals surface area contributed by atoms with E-state index in [0.717, 1.165) is 16.6 Å². The van der Waals surface area contributed by atoms with Crippen LogP contribution in [0.25, 0.3) is 0 Å². The minimum Gasteiger partial charge on any atom is -0.357 e. The van der Waals surface area contributed by atoms with Crippen LogP contribution in [0.2, 0.25) is 5.02 Å². The van der Waals surface area contributed by atoms with E-state index in [1.54, 1.807) is 24.3 Å². The van der Waals surface area contributed by atoms with Crippen LogP contribution in [0.4, 0.5) is 10.1 Å². The van der Waals surface area contributed by atoms with Crippen LogP contribution in [0.3, 0.4) is 0 Å². The maximum absolute atomic E-state index is 13.6. The molecular weight excluding hydrogens is 433 g/mol. The van der Waals surface area contributed by atoms with Gasteiger partial charge in [-0.3, -0.25) is 13.9 Å². The van der Waals surface area contributed by atoms with E-state index in [1.165, 1.54) is 37.1 Å². The Morgan fingerprint density at radius 3 is 2.40 bits per heavy atom. The molecule has 10 heteroatoms. The number of benzene rings is 2. The fraction of sp³-hybridized carbons (Fsp3) is 0.300. The minimum absolute atomic E-state index is 0.00611. The summed E-state index contributed by atoms with van der Waals surface area (Å²) in [4.78, 5) is 26.6. The topological polar surface area (TPSA) is 86.8 Å². The Morgan fingerprint density at radius 1 is 1.17 bits per heavy atom. The van der Waals surface area contributed by atoms with Gasteiger partial charge >= 0.3 is 0 Å². The summed E-state index contributed by atoms with van der Waals surface area (Å²) in [6, 6.07) is 10.9. The van der Waals surface area contributed by atoms with Crippen molar-refractivity contribution in [1.29, 1.82) is 0 Å². The largest absolute Gasteiger partial charge is 0.357 e. The van der Waals surface area contributed by atoms with Crippen LogP contribution < -0.4 is 9.62 Å². The molecule has 1 N–H and O–H groups in total. The van der Waals surface area contributed by atoms with Crippen molar-refractivity contribution < 1.29 is 22.4 Å². The molecule has 2 rings (SSSR count). The molecule has 0 saturated carbocycles. The fourth-order valence-electron chi connectivity index (χ4n) is 2.85. The van der Waals surface area contributed by atoms with E-state index in [4.69, 9.17) is 11.6 Å². The van der Waals surface area contributed by atoms with Gasteiger partial charge in [-0.1, -0.05) is 35.9 Å². The average Bonchev–Trinajstić information content (AvgIpc) is 2.69. The second-order valence-electron chi connectivity index (χ2n) is 6.65. The third kappa shape index (κ3) is 5.93. The third-order valence-electron chi connectivity index (χ3n) is 4.49. The normalized spacial score (nSPS) is 12.2. The van der Waals surface area contributed by atoms with Crippen LogP contribution in [-0.2, 0) is 26.2 Å². The summed E-state index contributed by atoms with van der Waals surface area (Å²) >= 11 is 6.20. The number of nitrogens with one attached hydrogen (secondary N) is 1. The molecule has 7 nitrogen and oxygen atoms in total. The van der Waals surface area contributed by atoms with Crippen molar-refractivity contribution in [2.75, 3.05) is 24.2 Å². The van der Waals surface area contributed by atoms with E-state index in [9.17, 15) is 22.4 Å². The molecule has 0 bridgehead atoms. The smallest absolute Gasteiger partial charge is 0.244 e. The summed E-state index contributed by atoms with van der Waals surface area (Å²) in [7, 11) is -2.47. The van der Waals surface area contributed by atoms with Crippen molar-refractivity contribution in [2.45, 2.75) is 19.5 Å². The molecule has 0 aliphatic rings. The van der Waals surface area contributed by atoms with Crippen LogP contribution in [0, 0.1) is 5.82 Å². The first-order valence-electron chi connectivity index (χ1n) is 9.02. The highest BCUT2D eigenvalue weighted by molar-refractivity contribution is 7.92. The molecular formula is C20H23ClFN3O4S. The van der Waals surface area contributed by atoms with E-state index in [-0.39, 0.29) is 12.2 Å². The molecule has 0 aliphatic heterocycles. The van der Waals surface area contributed by atoms with Crippen molar-refractivity contribution in [1.82, 2.24) is 10.2 Å². The zero-order valence-corrected chi connectivity index (χ0v) is 18.4. The van der Waals surface area contributed by atoms with E-state index in [0.29, 0.717) is 10.6 Å². The van der Waals surface area contributed by atoms with Crippen LogP contribution in [0.15, 0.2) is 48.5 Å². The lowest BCUT2D eigenvalue weighted by Gasteiger charge is -2.31. The molecule has 0 radical (unpaired) electrons. The van der Waals surface area contributed by atoms with Gasteiger partial charge in [0.1, 0.15) is 18.4 Å². The zero-order valence-electron chi connectivity index (χ0n) is 16.8. The van der Waals surface area contributed by atoms with Crippen molar-refractivity contribution in [3.63, 3.8) is 0 Å². The highest BCUT2D eigenvalue weighted by Crippen LogP contribution is 2.22. The summed E-state index contributed by atoms with van der Waals surface area (Å²) in [5, 5.41) is 2.88. The van der Waals surface area contributed by atoms with Gasteiger partial charge in [-0.2, -0.15) is 0 Å². The molecule has 0 aromatic heterocycles. The van der Waals surface area contributed by atoms with Gasteiger partial charge in [0.05, 0.1) is 11.9 Å². The number of anilines is 1. The number of carbonyl (C=O) groups excluding carboxylic acids is 2. The minimum atomic E-state index is -3.90. The number of amides is 2. The lowest BCUT2D eigenvalue weighted by Crippen LogP contribution is -2.50. The number of nitrogens with zero attached hydrogens (tertiary/aromatic N) is 2. The monoisotopic (exact) mass is 455 g/mol. The van der Waals surface area contributed by atoms with E-state index in [2.05, 4.69) is 5.32 Å². The number of hydrogen-bond donors (Lipinski definition) is 1. The van der Waals surface area contributed by atoms with Gasteiger partial charge in [-0.25, -0.2) is 12.8 Å². The Labute approximate surface area is 180 Å². The van der Waals surface area contributed by atoms with Crippen molar-refractivity contribution in [3.05, 3.63) is 64.9 Å². The van der Waals surface area contributed by atoms with Crippen molar-refractivity contribution in [3.8, 4) is 0 Å². The average molecular weight is 456 g/mol. The molecule has 0 aliphatic carbocycles. The molecule has 2 amide bonds. The number of hydrogen-bond acceptors (Lipinski definition) is 4. The molecule has 0 spiro atoms. The third-order valence-corrected chi connectivity index (χ3v) is 6.00. The molecule has 2 aromatic carbocycles. The standard InChI is InChI=1S/C20H23ClFN3O4S/c1-14(20(27)23-2)24(12-15-7-4-5-10-18(15)21)19(26)13-25(30(3,28)29)17-9-6-8-16(22)11-17/h4-11,14H,12-13H2,1-3H3,(H,23,27). The zero-order chi connectivity index (χ0) is 22.5. The summed E-state index contributed by atoms with van der Waals surface area (Å²) in [5.41, 5.74) is 0.607. The second-order valence-corrected chi connectivity index (χ2v) is 8.97. The molecule has 1 unspecified atom stereocenters. The van der Waals surface area contributed by atoms with E-state index < -0.39 is 40.2 Å². The lowest BCUT2D eigenvalue weighted by atomic mass is 10.1. The summed E-state index contributed by atoms with van der Waals surface area (Å²) in [5.74, 6) is -1.70. The van der Waals surface area contributed by atoms with Gasteiger partial charge in [0.2, 0.25) is 21.8 Å². The lowest BCUT2D eigenvalue weighted by molar-refractivity contribution is -0.139. The van der Waals surface area contributed by atoms with Crippen LogP contribution in [-0.4, -0.2) is 51.0 Å². The summed E-state index contributed by atoms with van der Waals surface area (Å²) in [6.07, 6.45) is 0.922. The number of likely N-dealkylation sites (N-methyl/N-ethyl adjacent to an activating group) is 1. The Morgan fingerprint density at radius 2 is 1.83 bits per heavy atom.